The van der Waals surface area contributed by atoms with E-state index in [1.165, 1.54) is 89.2 Å². The van der Waals surface area contributed by atoms with Crippen LogP contribution < -0.4 is 10.4 Å². The second-order valence-electron chi connectivity index (χ2n) is 15.6. The molecule has 0 bridgehead atoms. The fraction of sp³-hybridized carbons (Fsp3) is 0.265. The SMILES string of the molecule is CC/C=c1/c2c(cc/c1=C/C=C(\C)c1ccc3c(c1)C(C)(C)C1=C3C=CCC1)C=CC(c1ccc3c(c1)C(C)(C)c1ccccc1-3)=CC2C. The van der Waals surface area contributed by atoms with Crippen molar-refractivity contribution >= 4 is 34.9 Å². The lowest BCUT2D eigenvalue weighted by molar-refractivity contribution is 0.607. The fourth-order valence-electron chi connectivity index (χ4n) is 9.15. The van der Waals surface area contributed by atoms with Crippen LogP contribution in [0, 0.1) is 0 Å². The summed E-state index contributed by atoms with van der Waals surface area (Å²) in [5.41, 5.74) is 19.6. The molecule has 0 spiro atoms. The van der Waals surface area contributed by atoms with Crippen molar-refractivity contribution in [3.05, 3.63) is 164 Å². The molecule has 0 heterocycles. The highest BCUT2D eigenvalue weighted by Gasteiger charge is 2.37. The van der Waals surface area contributed by atoms with Gasteiger partial charge in [-0.25, -0.2) is 0 Å². The lowest BCUT2D eigenvalue weighted by atomic mass is 9.78. The van der Waals surface area contributed by atoms with Gasteiger partial charge in [0.25, 0.3) is 0 Å². The zero-order valence-electron chi connectivity index (χ0n) is 30.2. The first-order valence-corrected chi connectivity index (χ1v) is 18.3. The molecule has 49 heavy (non-hydrogen) atoms. The lowest BCUT2D eigenvalue weighted by Crippen LogP contribution is -2.30. The molecule has 0 saturated heterocycles. The van der Waals surface area contributed by atoms with Crippen molar-refractivity contribution in [1.82, 2.24) is 0 Å². The third-order valence-electron chi connectivity index (χ3n) is 11.9. The lowest BCUT2D eigenvalue weighted by Gasteiger charge is -2.26. The normalized spacial score (nSPS) is 20.4. The molecule has 8 rings (SSSR count). The minimum atomic E-state index is -0.00515. The van der Waals surface area contributed by atoms with E-state index in [2.05, 4.69) is 170 Å². The summed E-state index contributed by atoms with van der Waals surface area (Å²) >= 11 is 0. The Bertz CT molecular complexity index is 2320. The monoisotopic (exact) mass is 636 g/mol. The molecule has 4 aliphatic carbocycles. The molecule has 0 aromatic heterocycles. The van der Waals surface area contributed by atoms with Crippen LogP contribution in [0.4, 0.5) is 0 Å². The molecular formula is C49H48. The number of benzene rings is 4. The first kappa shape index (κ1) is 31.6. The summed E-state index contributed by atoms with van der Waals surface area (Å²) in [5.74, 6) is 0.279. The molecule has 1 unspecified atom stereocenters. The summed E-state index contributed by atoms with van der Waals surface area (Å²) < 4.78 is 0. The van der Waals surface area contributed by atoms with E-state index in [0.29, 0.717) is 0 Å². The largest absolute Gasteiger partial charge is 0.0836 e. The molecule has 0 saturated carbocycles. The Morgan fingerprint density at radius 2 is 1.57 bits per heavy atom. The van der Waals surface area contributed by atoms with Gasteiger partial charge in [0.05, 0.1) is 0 Å². The maximum absolute atomic E-state index is 2.48. The van der Waals surface area contributed by atoms with Crippen LogP contribution >= 0.6 is 0 Å². The number of fused-ring (bicyclic) bond motifs is 6. The summed E-state index contributed by atoms with van der Waals surface area (Å²) in [7, 11) is 0. The Kier molecular flexibility index (Phi) is 7.56. The van der Waals surface area contributed by atoms with Gasteiger partial charge in [-0.2, -0.15) is 0 Å². The molecule has 0 nitrogen and oxygen atoms in total. The van der Waals surface area contributed by atoms with Gasteiger partial charge in [-0.3, -0.25) is 0 Å². The van der Waals surface area contributed by atoms with Gasteiger partial charge in [0, 0.05) is 16.7 Å². The third kappa shape index (κ3) is 5.03. The molecule has 1 atom stereocenters. The average Bonchev–Trinajstić information content (AvgIpc) is 3.38. The smallest absolute Gasteiger partial charge is 0.0159 e. The van der Waals surface area contributed by atoms with E-state index in [1.807, 2.05) is 0 Å². The van der Waals surface area contributed by atoms with E-state index in [4.69, 9.17) is 0 Å². The van der Waals surface area contributed by atoms with Crippen LogP contribution in [0.15, 0.2) is 109 Å². The average molecular weight is 637 g/mol. The van der Waals surface area contributed by atoms with Crippen molar-refractivity contribution in [2.24, 2.45) is 0 Å². The molecule has 0 fully saturated rings. The van der Waals surface area contributed by atoms with Crippen molar-refractivity contribution in [2.75, 3.05) is 0 Å². The zero-order valence-corrected chi connectivity index (χ0v) is 30.2. The number of hydrogen-bond acceptors (Lipinski definition) is 0. The van der Waals surface area contributed by atoms with Gasteiger partial charge >= 0.3 is 0 Å². The van der Waals surface area contributed by atoms with E-state index < -0.39 is 0 Å². The minimum absolute atomic E-state index is 0.00515. The first-order chi connectivity index (χ1) is 23.6. The quantitative estimate of drug-likeness (QED) is 0.209. The van der Waals surface area contributed by atoms with Crippen molar-refractivity contribution in [3.63, 3.8) is 0 Å². The number of allylic oxidation sites excluding steroid dienone is 9. The van der Waals surface area contributed by atoms with Crippen LogP contribution in [0.2, 0.25) is 0 Å². The molecule has 4 aromatic carbocycles. The Balaban J connectivity index is 1.15. The van der Waals surface area contributed by atoms with E-state index in [1.54, 1.807) is 5.57 Å². The molecule has 0 radical (unpaired) electrons. The Morgan fingerprint density at radius 3 is 2.41 bits per heavy atom. The predicted molar refractivity (Wildman–Crippen MR) is 213 cm³/mol. The van der Waals surface area contributed by atoms with E-state index >= 15 is 0 Å². The van der Waals surface area contributed by atoms with Crippen LogP contribution in [0.25, 0.3) is 46.1 Å². The van der Waals surface area contributed by atoms with Crippen molar-refractivity contribution in [2.45, 2.75) is 84.5 Å². The Labute approximate surface area is 293 Å². The summed E-state index contributed by atoms with van der Waals surface area (Å²) in [6, 6.07) is 27.8. The third-order valence-corrected chi connectivity index (χ3v) is 11.9. The first-order valence-electron chi connectivity index (χ1n) is 18.3. The molecular weight excluding hydrogens is 589 g/mol. The van der Waals surface area contributed by atoms with Crippen LogP contribution in [0.1, 0.15) is 118 Å². The van der Waals surface area contributed by atoms with E-state index in [0.717, 1.165) is 12.8 Å². The molecule has 4 aromatic rings. The summed E-state index contributed by atoms with van der Waals surface area (Å²) in [4.78, 5) is 0. The molecule has 4 aliphatic rings. The van der Waals surface area contributed by atoms with Crippen LogP contribution in [0.5, 0.6) is 0 Å². The van der Waals surface area contributed by atoms with Crippen molar-refractivity contribution < 1.29 is 0 Å². The maximum atomic E-state index is 2.48. The van der Waals surface area contributed by atoms with Crippen LogP contribution in [-0.2, 0) is 10.8 Å². The summed E-state index contributed by atoms with van der Waals surface area (Å²) in [5, 5.41) is 2.65. The fourth-order valence-corrected chi connectivity index (χ4v) is 9.15. The molecule has 0 amide bonds. The highest BCUT2D eigenvalue weighted by atomic mass is 14.4. The minimum Gasteiger partial charge on any atom is -0.0836 e. The van der Waals surface area contributed by atoms with Crippen molar-refractivity contribution in [1.29, 1.82) is 0 Å². The predicted octanol–water partition coefficient (Wildman–Crippen LogP) is 11.7. The second-order valence-corrected chi connectivity index (χ2v) is 15.6. The van der Waals surface area contributed by atoms with Gasteiger partial charge in [0.1, 0.15) is 0 Å². The van der Waals surface area contributed by atoms with Crippen LogP contribution in [0.3, 0.4) is 0 Å². The highest BCUT2D eigenvalue weighted by molar-refractivity contribution is 5.89. The van der Waals surface area contributed by atoms with Gasteiger partial charge in [0.2, 0.25) is 0 Å². The summed E-state index contributed by atoms with van der Waals surface area (Å²) in [6.45, 7) is 16.4. The van der Waals surface area contributed by atoms with Crippen LogP contribution in [-0.4, -0.2) is 0 Å². The standard InChI is InChI=1S/C49H48/c1-8-13-38-33(19-18-31(2)35-24-26-41-39-14-9-11-16-43(39)48(4,5)45(41)29-35)20-21-34-22-23-36(28-32(3)47(34)38)37-25-27-42-40-15-10-12-17-44(40)49(6,7)46(42)30-37/h9-10,12-15,17-30,32H,8,11,16H2,1-7H3/b31-18+,33-19-,38-13+. The number of hydrogen-bond donors (Lipinski definition) is 0. The molecule has 244 valence electrons. The molecule has 0 aliphatic heterocycles. The van der Waals surface area contributed by atoms with Crippen molar-refractivity contribution in [3.8, 4) is 11.1 Å². The maximum Gasteiger partial charge on any atom is 0.0159 e. The van der Waals surface area contributed by atoms with Gasteiger partial charge in [-0.1, -0.05) is 162 Å². The Hall–Kier alpha value is -4.68. The Morgan fingerprint density at radius 1 is 0.796 bits per heavy atom. The van der Waals surface area contributed by atoms with Gasteiger partial charge in [-0.15, -0.1) is 0 Å². The van der Waals surface area contributed by atoms with Gasteiger partial charge in [-0.05, 0) is 115 Å². The molecule has 0 N–H and O–H groups in total. The van der Waals surface area contributed by atoms with E-state index in [9.17, 15) is 0 Å². The van der Waals surface area contributed by atoms with Gasteiger partial charge < -0.3 is 0 Å². The molecule has 0 heteroatoms. The summed E-state index contributed by atoms with van der Waals surface area (Å²) in [6.07, 6.45) is 22.3. The number of rotatable bonds is 4. The highest BCUT2D eigenvalue weighted by Crippen LogP contribution is 2.51. The van der Waals surface area contributed by atoms with E-state index in [-0.39, 0.29) is 16.7 Å². The van der Waals surface area contributed by atoms with Gasteiger partial charge in [0.15, 0.2) is 0 Å². The zero-order chi connectivity index (χ0) is 34.1. The topological polar surface area (TPSA) is 0 Å². The second kappa shape index (κ2) is 11.7.